The van der Waals surface area contributed by atoms with Crippen LogP contribution in [0.1, 0.15) is 72.6 Å². The molecule has 4 aliphatic rings. The SMILES string of the molecule is CCOC(=O)OC1(C(=O)OCOC(C)=O)CC[C@H]2[C@@H]3CCC4=CC(=O)CC[C@]4(C)[C@@H]3C(O)C[C@@]21C. The average molecular weight is 493 g/mol. The molecule has 0 radical (unpaired) electrons. The van der Waals surface area contributed by atoms with Gasteiger partial charge in [0.25, 0.3) is 0 Å². The molecule has 0 aromatic rings. The number of ketones is 1. The van der Waals surface area contributed by atoms with Crippen molar-refractivity contribution >= 4 is 23.9 Å². The van der Waals surface area contributed by atoms with Crippen LogP contribution >= 0.6 is 0 Å². The van der Waals surface area contributed by atoms with Crippen molar-refractivity contribution < 1.29 is 43.2 Å². The lowest BCUT2D eigenvalue weighted by Crippen LogP contribution is -2.63. The van der Waals surface area contributed by atoms with Gasteiger partial charge in [0.05, 0.1) is 12.7 Å². The number of carbonyl (C=O) groups excluding carboxylic acids is 4. The minimum absolute atomic E-state index is 0.0115. The minimum atomic E-state index is -1.67. The molecule has 0 heterocycles. The van der Waals surface area contributed by atoms with Gasteiger partial charge in [-0.15, -0.1) is 0 Å². The molecule has 9 heteroatoms. The van der Waals surface area contributed by atoms with E-state index in [1.54, 1.807) is 13.0 Å². The van der Waals surface area contributed by atoms with Crippen molar-refractivity contribution in [2.24, 2.45) is 28.6 Å². The molecule has 9 nitrogen and oxygen atoms in total. The van der Waals surface area contributed by atoms with E-state index in [4.69, 9.17) is 18.9 Å². The smallest absolute Gasteiger partial charge is 0.435 e. The van der Waals surface area contributed by atoms with Crippen molar-refractivity contribution in [2.45, 2.75) is 84.3 Å². The van der Waals surface area contributed by atoms with Crippen molar-refractivity contribution in [3.05, 3.63) is 11.6 Å². The molecule has 4 rings (SSSR count). The predicted molar refractivity (Wildman–Crippen MR) is 122 cm³/mol. The molecule has 0 saturated heterocycles. The summed E-state index contributed by atoms with van der Waals surface area (Å²) in [5, 5.41) is 11.6. The first-order valence-electron chi connectivity index (χ1n) is 12.6. The van der Waals surface area contributed by atoms with Crippen LogP contribution in [0, 0.1) is 28.6 Å². The van der Waals surface area contributed by atoms with E-state index in [-0.39, 0.29) is 48.4 Å². The Balaban J connectivity index is 1.68. The minimum Gasteiger partial charge on any atom is -0.435 e. The number of aliphatic hydroxyl groups is 1. The molecule has 3 saturated carbocycles. The molecule has 0 amide bonds. The van der Waals surface area contributed by atoms with Crippen molar-refractivity contribution in [3.8, 4) is 0 Å². The maximum absolute atomic E-state index is 13.5. The first-order chi connectivity index (χ1) is 16.5. The number of carbonyl (C=O) groups is 4. The average Bonchev–Trinajstić information content (AvgIpc) is 3.06. The normalized spacial score (nSPS) is 39.9. The molecule has 1 N–H and O–H groups in total. The number of hydrogen-bond acceptors (Lipinski definition) is 9. The Labute approximate surface area is 205 Å². The predicted octanol–water partition coefficient (Wildman–Crippen LogP) is 3.46. The topological polar surface area (TPSA) is 125 Å². The summed E-state index contributed by atoms with van der Waals surface area (Å²) in [6, 6.07) is 0. The summed E-state index contributed by atoms with van der Waals surface area (Å²) >= 11 is 0. The van der Waals surface area contributed by atoms with E-state index in [9.17, 15) is 24.3 Å². The molecule has 3 fully saturated rings. The Bertz CT molecular complexity index is 941. The summed E-state index contributed by atoms with van der Waals surface area (Å²) in [5.74, 6) is -1.23. The maximum Gasteiger partial charge on any atom is 0.509 e. The lowest BCUT2D eigenvalue weighted by molar-refractivity contribution is -0.210. The van der Waals surface area contributed by atoms with E-state index in [0.29, 0.717) is 19.3 Å². The molecule has 0 spiro atoms. The van der Waals surface area contributed by atoms with Gasteiger partial charge in [-0.2, -0.15) is 0 Å². The highest BCUT2D eigenvalue weighted by Crippen LogP contribution is 2.68. The molecule has 7 atom stereocenters. The van der Waals surface area contributed by atoms with Gasteiger partial charge >= 0.3 is 18.1 Å². The number of ether oxygens (including phenoxy) is 4. The van der Waals surface area contributed by atoms with Crippen LogP contribution in [0.3, 0.4) is 0 Å². The van der Waals surface area contributed by atoms with Crippen LogP contribution in [0.2, 0.25) is 0 Å². The van der Waals surface area contributed by atoms with Gasteiger partial charge in [-0.05, 0) is 74.7 Å². The fourth-order valence-corrected chi connectivity index (χ4v) is 7.79. The van der Waals surface area contributed by atoms with Gasteiger partial charge in [-0.25, -0.2) is 9.59 Å². The molecule has 0 aliphatic heterocycles. The van der Waals surface area contributed by atoms with Gasteiger partial charge in [0, 0.05) is 18.8 Å². The number of fused-ring (bicyclic) bond motifs is 5. The second kappa shape index (κ2) is 9.22. The van der Waals surface area contributed by atoms with E-state index in [1.807, 2.05) is 6.92 Å². The molecule has 194 valence electrons. The zero-order valence-electron chi connectivity index (χ0n) is 21.0. The Morgan fingerprint density at radius 1 is 1.09 bits per heavy atom. The zero-order chi connectivity index (χ0) is 25.6. The van der Waals surface area contributed by atoms with E-state index in [1.165, 1.54) is 6.92 Å². The number of rotatable bonds is 5. The Kier molecular flexibility index (Phi) is 6.76. The van der Waals surface area contributed by atoms with Crippen LogP contribution in [-0.2, 0) is 33.3 Å². The molecular formula is C26H36O9. The van der Waals surface area contributed by atoms with Gasteiger partial charge < -0.3 is 24.1 Å². The largest absolute Gasteiger partial charge is 0.509 e. The third kappa shape index (κ3) is 4.05. The molecule has 35 heavy (non-hydrogen) atoms. The van der Waals surface area contributed by atoms with E-state index < -0.39 is 42.0 Å². The van der Waals surface area contributed by atoms with Crippen LogP contribution in [0.5, 0.6) is 0 Å². The van der Waals surface area contributed by atoms with Gasteiger partial charge in [-0.3, -0.25) is 9.59 Å². The molecule has 0 aromatic carbocycles. The van der Waals surface area contributed by atoms with Gasteiger partial charge in [0.15, 0.2) is 5.78 Å². The molecule has 2 unspecified atom stereocenters. The summed E-state index contributed by atoms with van der Waals surface area (Å²) in [5.41, 5.74) is -1.74. The van der Waals surface area contributed by atoms with Crippen LogP contribution in [-0.4, -0.2) is 54.1 Å². The van der Waals surface area contributed by atoms with Gasteiger partial charge in [0.2, 0.25) is 12.4 Å². The number of esters is 2. The first kappa shape index (κ1) is 25.7. The Morgan fingerprint density at radius 3 is 2.51 bits per heavy atom. The van der Waals surface area contributed by atoms with E-state index in [0.717, 1.165) is 18.4 Å². The lowest BCUT2D eigenvalue weighted by atomic mass is 9.45. The third-order valence-electron chi connectivity index (χ3n) is 9.32. The number of allylic oxidation sites excluding steroid dienone is 1. The molecule has 0 aromatic heterocycles. The second-order valence-corrected chi connectivity index (χ2v) is 10.9. The van der Waals surface area contributed by atoms with Crippen molar-refractivity contribution in [3.63, 3.8) is 0 Å². The Hall–Kier alpha value is -2.42. The molecular weight excluding hydrogens is 456 g/mol. The van der Waals surface area contributed by atoms with Gasteiger partial charge in [0.1, 0.15) is 0 Å². The van der Waals surface area contributed by atoms with Gasteiger partial charge in [-0.1, -0.05) is 19.4 Å². The summed E-state index contributed by atoms with van der Waals surface area (Å²) in [6.45, 7) is 6.38. The third-order valence-corrected chi connectivity index (χ3v) is 9.32. The summed E-state index contributed by atoms with van der Waals surface area (Å²) in [4.78, 5) is 49.2. The standard InChI is InChI=1S/C26H36O9/c1-5-32-23(31)35-26(22(30)34-14-33-15(2)27)11-9-19-18-7-6-16-12-17(28)8-10-24(16,3)21(18)20(29)13-25(19,26)4/h12,18-21,29H,5-11,13-14H2,1-4H3/t18-,19-,20?,21-,24-,25-,26?/m0/s1. The second-order valence-electron chi connectivity index (χ2n) is 10.9. The maximum atomic E-state index is 13.5. The summed E-state index contributed by atoms with van der Waals surface area (Å²) in [7, 11) is 0. The van der Waals surface area contributed by atoms with Crippen LogP contribution < -0.4 is 0 Å². The number of hydrogen-bond donors (Lipinski definition) is 1. The summed E-state index contributed by atoms with van der Waals surface area (Å²) < 4.78 is 20.9. The van der Waals surface area contributed by atoms with Crippen molar-refractivity contribution in [1.29, 1.82) is 0 Å². The molecule has 0 bridgehead atoms. The molecule has 4 aliphatic carbocycles. The van der Waals surface area contributed by atoms with Crippen LogP contribution in [0.4, 0.5) is 4.79 Å². The lowest BCUT2D eigenvalue weighted by Gasteiger charge is -2.60. The fourth-order valence-electron chi connectivity index (χ4n) is 7.79. The highest BCUT2D eigenvalue weighted by molar-refractivity contribution is 5.91. The monoisotopic (exact) mass is 492 g/mol. The first-order valence-corrected chi connectivity index (χ1v) is 12.6. The zero-order valence-corrected chi connectivity index (χ0v) is 21.0. The van der Waals surface area contributed by atoms with Crippen LogP contribution in [0.15, 0.2) is 11.6 Å². The fraction of sp³-hybridized carbons (Fsp3) is 0.769. The van der Waals surface area contributed by atoms with Crippen LogP contribution in [0.25, 0.3) is 0 Å². The number of aliphatic hydroxyl groups excluding tert-OH is 1. The van der Waals surface area contributed by atoms with E-state index in [2.05, 4.69) is 6.92 Å². The highest BCUT2D eigenvalue weighted by Gasteiger charge is 2.71. The summed E-state index contributed by atoms with van der Waals surface area (Å²) in [6.07, 6.45) is 3.84. The van der Waals surface area contributed by atoms with Crippen molar-refractivity contribution in [2.75, 3.05) is 13.4 Å². The Morgan fingerprint density at radius 2 is 1.83 bits per heavy atom. The van der Waals surface area contributed by atoms with E-state index >= 15 is 0 Å². The van der Waals surface area contributed by atoms with Crippen molar-refractivity contribution in [1.82, 2.24) is 0 Å². The quantitative estimate of drug-likeness (QED) is 0.453. The highest BCUT2D eigenvalue weighted by atomic mass is 16.8.